The normalized spacial score (nSPS) is 17.0. The molecule has 0 spiro atoms. The summed E-state index contributed by atoms with van der Waals surface area (Å²) in [5, 5.41) is 12.9. The van der Waals surface area contributed by atoms with Gasteiger partial charge in [0.05, 0.1) is 18.9 Å². The van der Waals surface area contributed by atoms with Gasteiger partial charge in [-0.15, -0.1) is 0 Å². The van der Waals surface area contributed by atoms with Gasteiger partial charge in [-0.05, 0) is 45.4 Å². The quantitative estimate of drug-likeness (QED) is 0.597. The van der Waals surface area contributed by atoms with Crippen LogP contribution in [0.25, 0.3) is 0 Å². The molecule has 37 heavy (non-hydrogen) atoms. The summed E-state index contributed by atoms with van der Waals surface area (Å²) in [5.74, 6) is -0.307. The van der Waals surface area contributed by atoms with Crippen LogP contribution in [-0.2, 0) is 16.0 Å². The maximum absolute atomic E-state index is 12.3. The Balaban J connectivity index is 1.38. The van der Waals surface area contributed by atoms with E-state index in [0.717, 1.165) is 30.9 Å². The number of carbonyl (C=O) groups excluding carboxylic acids is 1. The summed E-state index contributed by atoms with van der Waals surface area (Å²) >= 11 is 0. The summed E-state index contributed by atoms with van der Waals surface area (Å²) in [4.78, 5) is 39.3. The van der Waals surface area contributed by atoms with E-state index in [1.165, 1.54) is 0 Å². The zero-order valence-corrected chi connectivity index (χ0v) is 22.0. The molecule has 200 valence electrons. The van der Waals surface area contributed by atoms with Gasteiger partial charge in [-0.25, -0.2) is 14.6 Å². The third-order valence-electron chi connectivity index (χ3n) is 6.23. The van der Waals surface area contributed by atoms with Crippen LogP contribution in [0.15, 0.2) is 24.3 Å². The molecule has 2 aromatic rings. The molecule has 2 N–H and O–H groups in total. The van der Waals surface area contributed by atoms with Crippen molar-refractivity contribution < 1.29 is 24.2 Å². The molecule has 2 saturated heterocycles. The number of aromatic nitrogens is 2. The molecule has 1 aromatic heterocycles. The molecule has 0 aliphatic carbocycles. The first-order chi connectivity index (χ1) is 17.6. The molecule has 11 heteroatoms. The highest BCUT2D eigenvalue weighted by atomic mass is 16.6. The second-order valence-electron chi connectivity index (χ2n) is 10.3. The predicted molar refractivity (Wildman–Crippen MR) is 140 cm³/mol. The van der Waals surface area contributed by atoms with E-state index in [4.69, 9.17) is 9.47 Å². The van der Waals surface area contributed by atoms with Gasteiger partial charge in [0.2, 0.25) is 5.95 Å². The minimum Gasteiger partial charge on any atom is -0.477 e. The Morgan fingerprint density at radius 1 is 1.03 bits per heavy atom. The van der Waals surface area contributed by atoms with Crippen LogP contribution in [0.2, 0.25) is 0 Å². The smallest absolute Gasteiger partial charge is 0.410 e. The second kappa shape index (κ2) is 11.3. The fourth-order valence-corrected chi connectivity index (χ4v) is 4.31. The molecule has 0 bridgehead atoms. The van der Waals surface area contributed by atoms with Crippen LogP contribution in [0.1, 0.15) is 42.4 Å². The summed E-state index contributed by atoms with van der Waals surface area (Å²) in [6.07, 6.45) is -0.264. The minimum atomic E-state index is -1.07. The molecule has 2 fully saturated rings. The first kappa shape index (κ1) is 26.6. The second-order valence-corrected chi connectivity index (χ2v) is 10.3. The highest BCUT2D eigenvalue weighted by Crippen LogP contribution is 2.25. The maximum atomic E-state index is 12.3. The van der Waals surface area contributed by atoms with E-state index in [1.807, 2.05) is 49.9 Å². The van der Waals surface area contributed by atoms with E-state index in [1.54, 1.807) is 11.8 Å². The van der Waals surface area contributed by atoms with Gasteiger partial charge in [-0.1, -0.05) is 12.1 Å². The average Bonchev–Trinajstić information content (AvgIpc) is 2.84. The number of aromatic carboxylic acids is 1. The number of morpholine rings is 1. The molecule has 2 aliphatic rings. The van der Waals surface area contributed by atoms with Crippen molar-refractivity contribution in [2.75, 3.05) is 62.7 Å². The summed E-state index contributed by atoms with van der Waals surface area (Å²) in [6, 6.07) is 7.87. The van der Waals surface area contributed by atoms with Crippen LogP contribution in [-0.4, -0.2) is 95.0 Å². The molecule has 4 rings (SSSR count). The van der Waals surface area contributed by atoms with Gasteiger partial charge in [-0.2, -0.15) is 4.98 Å². The lowest BCUT2D eigenvalue weighted by Gasteiger charge is -2.35. The number of rotatable bonds is 6. The number of piperazine rings is 1. The predicted octanol–water partition coefficient (Wildman–Crippen LogP) is 3.12. The van der Waals surface area contributed by atoms with Gasteiger partial charge < -0.3 is 29.7 Å². The molecule has 11 nitrogen and oxygen atoms in total. The Bertz CT molecular complexity index is 1100. The number of ether oxygens (including phenoxy) is 2. The zero-order valence-electron chi connectivity index (χ0n) is 22.0. The van der Waals surface area contributed by atoms with E-state index >= 15 is 0 Å². The molecule has 0 radical (unpaired) electrons. The van der Waals surface area contributed by atoms with Gasteiger partial charge in [-0.3, -0.25) is 4.90 Å². The van der Waals surface area contributed by atoms with Crippen LogP contribution in [0.5, 0.6) is 0 Å². The third kappa shape index (κ3) is 7.07. The van der Waals surface area contributed by atoms with Crippen LogP contribution >= 0.6 is 0 Å². The lowest BCUT2D eigenvalue weighted by atomic mass is 10.1. The van der Waals surface area contributed by atoms with Crippen molar-refractivity contribution in [2.24, 2.45) is 0 Å². The minimum absolute atomic E-state index is 0.0592. The van der Waals surface area contributed by atoms with Crippen LogP contribution in [0, 0.1) is 6.92 Å². The third-order valence-corrected chi connectivity index (χ3v) is 6.23. The molecular formula is C26H36N6O5. The number of carboxylic acids is 1. The number of hydrogen-bond acceptors (Lipinski definition) is 9. The number of benzene rings is 1. The van der Waals surface area contributed by atoms with E-state index in [9.17, 15) is 14.7 Å². The molecule has 0 unspecified atom stereocenters. The summed E-state index contributed by atoms with van der Waals surface area (Å²) in [5.41, 5.74) is 1.84. The first-order valence-electron chi connectivity index (χ1n) is 12.6. The number of carbonyl (C=O) groups is 2. The molecule has 0 atom stereocenters. The standard InChI is InChI=1S/C26H36N6O5/c1-18-21(23(33)34)22(29-24(27-18)31-13-15-36-16-14-31)28-20-7-5-19(6-8-20)17-30-9-11-32(12-10-30)25(35)37-26(2,3)4/h5-8H,9-17H2,1-4H3,(H,33,34)(H,27,28,29). The number of anilines is 3. The van der Waals surface area contributed by atoms with Crippen molar-refractivity contribution in [2.45, 2.75) is 39.8 Å². The Kier molecular flexibility index (Phi) is 8.13. The van der Waals surface area contributed by atoms with E-state index in [0.29, 0.717) is 51.0 Å². The number of hydrogen-bond donors (Lipinski definition) is 2. The SMILES string of the molecule is Cc1nc(N2CCOCC2)nc(Nc2ccc(CN3CCN(C(=O)OC(C)(C)C)CC3)cc2)c1C(=O)O. The molecule has 3 heterocycles. The molecule has 1 amide bonds. The van der Waals surface area contributed by atoms with Crippen molar-refractivity contribution in [3.05, 3.63) is 41.1 Å². The zero-order chi connectivity index (χ0) is 26.6. The van der Waals surface area contributed by atoms with Crippen molar-refractivity contribution in [3.63, 3.8) is 0 Å². The van der Waals surface area contributed by atoms with E-state index < -0.39 is 11.6 Å². The summed E-state index contributed by atoms with van der Waals surface area (Å²) in [6.45, 7) is 13.4. The van der Waals surface area contributed by atoms with Crippen molar-refractivity contribution in [3.8, 4) is 0 Å². The maximum Gasteiger partial charge on any atom is 0.410 e. The largest absolute Gasteiger partial charge is 0.477 e. The molecule has 0 saturated carbocycles. The fraction of sp³-hybridized carbons (Fsp3) is 0.538. The van der Waals surface area contributed by atoms with Gasteiger partial charge in [0.25, 0.3) is 0 Å². The van der Waals surface area contributed by atoms with Crippen LogP contribution in [0.4, 0.5) is 22.2 Å². The van der Waals surface area contributed by atoms with Crippen molar-refractivity contribution in [1.82, 2.24) is 19.8 Å². The van der Waals surface area contributed by atoms with Crippen molar-refractivity contribution >= 4 is 29.5 Å². The Hall–Kier alpha value is -3.44. The van der Waals surface area contributed by atoms with E-state index in [2.05, 4.69) is 20.2 Å². The van der Waals surface area contributed by atoms with Crippen molar-refractivity contribution in [1.29, 1.82) is 0 Å². The lowest BCUT2D eigenvalue weighted by Crippen LogP contribution is -2.49. The Morgan fingerprint density at radius 2 is 1.68 bits per heavy atom. The van der Waals surface area contributed by atoms with Gasteiger partial charge in [0.15, 0.2) is 5.82 Å². The number of nitrogens with zero attached hydrogens (tertiary/aromatic N) is 5. The summed E-state index contributed by atoms with van der Waals surface area (Å²) < 4.78 is 10.9. The lowest BCUT2D eigenvalue weighted by molar-refractivity contribution is 0.0139. The Labute approximate surface area is 217 Å². The van der Waals surface area contributed by atoms with Gasteiger partial charge in [0, 0.05) is 51.5 Å². The number of carboxylic acid groups (broad SMARTS) is 1. The summed E-state index contributed by atoms with van der Waals surface area (Å²) in [7, 11) is 0. The van der Waals surface area contributed by atoms with Gasteiger partial charge >= 0.3 is 12.1 Å². The Morgan fingerprint density at radius 3 is 2.27 bits per heavy atom. The van der Waals surface area contributed by atoms with Crippen LogP contribution < -0.4 is 10.2 Å². The van der Waals surface area contributed by atoms with E-state index in [-0.39, 0.29) is 17.5 Å². The highest BCUT2D eigenvalue weighted by Gasteiger charge is 2.26. The number of aryl methyl sites for hydroxylation is 1. The van der Waals surface area contributed by atoms with Crippen LogP contribution in [0.3, 0.4) is 0 Å². The molecular weight excluding hydrogens is 476 g/mol. The molecule has 2 aliphatic heterocycles. The topological polar surface area (TPSA) is 120 Å². The average molecular weight is 513 g/mol. The molecule has 1 aromatic carbocycles. The number of amides is 1. The monoisotopic (exact) mass is 512 g/mol. The van der Waals surface area contributed by atoms with Gasteiger partial charge in [0.1, 0.15) is 11.2 Å². The fourth-order valence-electron chi connectivity index (χ4n) is 4.31. The first-order valence-corrected chi connectivity index (χ1v) is 12.6. The highest BCUT2D eigenvalue weighted by molar-refractivity contribution is 5.95. The number of nitrogens with one attached hydrogen (secondary N) is 1.